The van der Waals surface area contributed by atoms with Crippen LogP contribution in [0.1, 0.15) is 57.8 Å². The van der Waals surface area contributed by atoms with Crippen molar-refractivity contribution in [2.24, 2.45) is 11.8 Å². The maximum Gasteiger partial charge on any atom is 0.00160 e. The summed E-state index contributed by atoms with van der Waals surface area (Å²) in [5.41, 5.74) is 3.52. The first kappa shape index (κ1) is 11.3. The van der Waals surface area contributed by atoms with Crippen molar-refractivity contribution < 1.29 is 0 Å². The highest BCUT2D eigenvalue weighted by atomic mass is 14.3. The molecule has 0 aromatic carbocycles. The van der Waals surface area contributed by atoms with Gasteiger partial charge in [0, 0.05) is 5.92 Å². The van der Waals surface area contributed by atoms with E-state index in [1.807, 2.05) is 5.57 Å². The van der Waals surface area contributed by atoms with Crippen LogP contribution in [-0.4, -0.2) is 0 Å². The van der Waals surface area contributed by atoms with Gasteiger partial charge in [0.25, 0.3) is 0 Å². The highest BCUT2D eigenvalue weighted by molar-refractivity contribution is 5.33. The molecule has 3 aliphatic rings. The second kappa shape index (κ2) is 5.25. The van der Waals surface area contributed by atoms with Gasteiger partial charge in [0.1, 0.15) is 0 Å². The second-order valence-corrected chi connectivity index (χ2v) is 5.90. The van der Waals surface area contributed by atoms with Gasteiger partial charge in [-0.2, -0.15) is 0 Å². The lowest BCUT2D eigenvalue weighted by Gasteiger charge is -2.33. The first-order valence-electron chi connectivity index (χ1n) is 7.50. The Hall–Kier alpha value is -0.780. The van der Waals surface area contributed by atoms with Gasteiger partial charge in [-0.3, -0.25) is 0 Å². The molecule has 0 aromatic heterocycles. The summed E-state index contributed by atoms with van der Waals surface area (Å²) in [5, 5.41) is 0. The molecule has 0 saturated heterocycles. The van der Waals surface area contributed by atoms with Crippen molar-refractivity contribution in [3.8, 4) is 0 Å². The molecule has 0 aliphatic heterocycles. The summed E-state index contributed by atoms with van der Waals surface area (Å²) in [6, 6.07) is 0. The van der Waals surface area contributed by atoms with Crippen molar-refractivity contribution in [3.63, 3.8) is 0 Å². The third kappa shape index (κ3) is 2.41. The van der Waals surface area contributed by atoms with Crippen molar-refractivity contribution >= 4 is 0 Å². The third-order valence-electron chi connectivity index (χ3n) is 4.80. The summed E-state index contributed by atoms with van der Waals surface area (Å²) < 4.78 is 0. The lowest BCUT2D eigenvalue weighted by Crippen LogP contribution is -2.20. The Balaban J connectivity index is 1.77. The van der Waals surface area contributed by atoms with E-state index in [4.69, 9.17) is 0 Å². The van der Waals surface area contributed by atoms with E-state index < -0.39 is 0 Å². The van der Waals surface area contributed by atoms with Crippen LogP contribution in [0.25, 0.3) is 0 Å². The highest BCUT2D eigenvalue weighted by Gasteiger charge is 2.28. The predicted molar refractivity (Wildman–Crippen MR) is 73.8 cm³/mol. The van der Waals surface area contributed by atoms with Crippen molar-refractivity contribution in [1.29, 1.82) is 0 Å². The molecule has 0 radical (unpaired) electrons. The molecule has 92 valence electrons. The Morgan fingerprint density at radius 3 is 2.59 bits per heavy atom. The quantitative estimate of drug-likeness (QED) is 0.571. The third-order valence-corrected chi connectivity index (χ3v) is 4.80. The SMILES string of the molecule is C1=CCC(C2CCCC=C2C2CCCCC2)=C1. The van der Waals surface area contributed by atoms with Gasteiger partial charge in [0.2, 0.25) is 0 Å². The number of hydrogen-bond acceptors (Lipinski definition) is 0. The van der Waals surface area contributed by atoms with Crippen LogP contribution in [0, 0.1) is 11.8 Å². The molecule has 0 bridgehead atoms. The Morgan fingerprint density at radius 2 is 1.82 bits per heavy atom. The van der Waals surface area contributed by atoms with Crippen LogP contribution in [0.4, 0.5) is 0 Å². The van der Waals surface area contributed by atoms with E-state index in [0.717, 1.165) is 11.8 Å². The van der Waals surface area contributed by atoms with E-state index in [1.54, 1.807) is 5.57 Å². The Labute approximate surface area is 105 Å². The standard InChI is InChI=1S/C17H24/c1-2-8-14(9-3-1)16-12-6-7-13-17(16)15-10-4-5-11-15/h4-5,10,12,14,17H,1-3,6-9,11,13H2. The van der Waals surface area contributed by atoms with Gasteiger partial charge in [0.15, 0.2) is 0 Å². The van der Waals surface area contributed by atoms with Crippen molar-refractivity contribution in [3.05, 3.63) is 35.5 Å². The van der Waals surface area contributed by atoms with Crippen LogP contribution in [0.2, 0.25) is 0 Å². The summed E-state index contributed by atoms with van der Waals surface area (Å²) >= 11 is 0. The summed E-state index contributed by atoms with van der Waals surface area (Å²) in [7, 11) is 0. The van der Waals surface area contributed by atoms with Crippen molar-refractivity contribution in [1.82, 2.24) is 0 Å². The molecule has 3 aliphatic carbocycles. The first-order chi connectivity index (χ1) is 8.45. The Kier molecular flexibility index (Phi) is 3.49. The molecule has 1 fully saturated rings. The maximum atomic E-state index is 2.60. The van der Waals surface area contributed by atoms with Crippen LogP contribution in [0.15, 0.2) is 35.5 Å². The number of rotatable bonds is 2. The lowest BCUT2D eigenvalue weighted by molar-refractivity contribution is 0.365. The van der Waals surface area contributed by atoms with Crippen LogP contribution < -0.4 is 0 Å². The average Bonchev–Trinajstić information content (AvgIpc) is 2.94. The average molecular weight is 228 g/mol. The van der Waals surface area contributed by atoms with Gasteiger partial charge in [-0.1, -0.05) is 54.7 Å². The maximum absolute atomic E-state index is 2.60. The van der Waals surface area contributed by atoms with Crippen LogP contribution in [0.5, 0.6) is 0 Å². The number of hydrogen-bond donors (Lipinski definition) is 0. The fourth-order valence-electron chi connectivity index (χ4n) is 3.91. The van der Waals surface area contributed by atoms with Crippen LogP contribution in [-0.2, 0) is 0 Å². The summed E-state index contributed by atoms with van der Waals surface area (Å²) in [4.78, 5) is 0. The predicted octanol–water partition coefficient (Wildman–Crippen LogP) is 5.18. The topological polar surface area (TPSA) is 0 Å². The van der Waals surface area contributed by atoms with Gasteiger partial charge in [-0.15, -0.1) is 0 Å². The Bertz CT molecular complexity index is 350. The van der Waals surface area contributed by atoms with Gasteiger partial charge in [0.05, 0.1) is 0 Å². The smallest absolute Gasteiger partial charge is 0.00160 e. The largest absolute Gasteiger partial charge is 0.0844 e. The molecule has 0 spiro atoms. The van der Waals surface area contributed by atoms with E-state index in [1.165, 1.54) is 57.8 Å². The molecule has 0 nitrogen and oxygen atoms in total. The van der Waals surface area contributed by atoms with Gasteiger partial charge >= 0.3 is 0 Å². The van der Waals surface area contributed by atoms with E-state index in [-0.39, 0.29) is 0 Å². The summed E-state index contributed by atoms with van der Waals surface area (Å²) in [6.45, 7) is 0. The zero-order valence-corrected chi connectivity index (χ0v) is 10.8. The van der Waals surface area contributed by atoms with Crippen molar-refractivity contribution in [2.75, 3.05) is 0 Å². The van der Waals surface area contributed by atoms with Crippen LogP contribution in [0.3, 0.4) is 0 Å². The molecule has 0 amide bonds. The molecule has 0 N–H and O–H groups in total. The van der Waals surface area contributed by atoms with E-state index >= 15 is 0 Å². The van der Waals surface area contributed by atoms with Gasteiger partial charge in [-0.05, 0) is 44.4 Å². The van der Waals surface area contributed by atoms with Gasteiger partial charge in [-0.25, -0.2) is 0 Å². The zero-order chi connectivity index (χ0) is 11.5. The fourth-order valence-corrected chi connectivity index (χ4v) is 3.91. The minimum atomic E-state index is 0.807. The number of allylic oxidation sites excluding steroid dienone is 6. The lowest BCUT2D eigenvalue weighted by atomic mass is 9.72. The first-order valence-corrected chi connectivity index (χ1v) is 7.50. The van der Waals surface area contributed by atoms with E-state index in [9.17, 15) is 0 Å². The van der Waals surface area contributed by atoms with E-state index in [2.05, 4.69) is 24.3 Å². The minimum absolute atomic E-state index is 0.807. The second-order valence-electron chi connectivity index (χ2n) is 5.90. The molecule has 1 saturated carbocycles. The molecule has 0 heterocycles. The highest BCUT2D eigenvalue weighted by Crippen LogP contribution is 2.42. The molecular formula is C17H24. The fraction of sp³-hybridized carbons (Fsp3) is 0.647. The molecule has 0 aromatic rings. The molecular weight excluding hydrogens is 204 g/mol. The Morgan fingerprint density at radius 1 is 0.941 bits per heavy atom. The molecule has 0 heteroatoms. The minimum Gasteiger partial charge on any atom is -0.0844 e. The monoisotopic (exact) mass is 228 g/mol. The van der Waals surface area contributed by atoms with Gasteiger partial charge < -0.3 is 0 Å². The normalized spacial score (nSPS) is 30.2. The summed E-state index contributed by atoms with van der Waals surface area (Å²) in [5.74, 6) is 1.73. The summed E-state index contributed by atoms with van der Waals surface area (Å²) in [6.07, 6.45) is 22.2. The zero-order valence-electron chi connectivity index (χ0n) is 10.8. The molecule has 1 unspecified atom stereocenters. The van der Waals surface area contributed by atoms with E-state index in [0.29, 0.717) is 0 Å². The van der Waals surface area contributed by atoms with Crippen LogP contribution >= 0.6 is 0 Å². The molecule has 1 atom stereocenters. The molecule has 17 heavy (non-hydrogen) atoms. The molecule has 3 rings (SSSR count). The van der Waals surface area contributed by atoms with Crippen molar-refractivity contribution in [2.45, 2.75) is 57.8 Å².